The van der Waals surface area contributed by atoms with E-state index in [1.165, 1.54) is 5.56 Å². The van der Waals surface area contributed by atoms with Crippen molar-refractivity contribution in [1.82, 2.24) is 0 Å². The van der Waals surface area contributed by atoms with Gasteiger partial charge in [0.2, 0.25) is 0 Å². The lowest BCUT2D eigenvalue weighted by Gasteiger charge is -2.27. The minimum atomic E-state index is -3.09. The molecule has 4 rings (SSSR count). The number of sulfone groups is 1. The van der Waals surface area contributed by atoms with Crippen molar-refractivity contribution >= 4 is 32.5 Å². The molecule has 2 heterocycles. The molecule has 0 saturated carbocycles. The van der Waals surface area contributed by atoms with Gasteiger partial charge in [0.15, 0.2) is 26.5 Å². The van der Waals surface area contributed by atoms with Crippen LogP contribution in [-0.4, -0.2) is 64.3 Å². The maximum Gasteiger partial charge on any atom is 0.164 e. The van der Waals surface area contributed by atoms with E-state index in [4.69, 9.17) is 19.2 Å². The van der Waals surface area contributed by atoms with Crippen LogP contribution in [0.4, 0.5) is 5.69 Å². The van der Waals surface area contributed by atoms with Crippen molar-refractivity contribution in [3.05, 3.63) is 48.0 Å². The molecular formula is C22H26N2O5S2. The first-order valence-electron chi connectivity index (χ1n) is 9.99. The molecule has 0 radical (unpaired) electrons. The van der Waals surface area contributed by atoms with Crippen molar-refractivity contribution < 1.29 is 22.6 Å². The number of benzene rings is 2. The molecule has 2 aliphatic heterocycles. The van der Waals surface area contributed by atoms with Crippen LogP contribution < -0.4 is 19.1 Å². The molecule has 2 aromatic carbocycles. The van der Waals surface area contributed by atoms with Crippen molar-refractivity contribution in [2.24, 2.45) is 4.99 Å². The molecule has 0 bridgehead atoms. The van der Waals surface area contributed by atoms with Gasteiger partial charge in [0.1, 0.15) is 5.75 Å². The number of methoxy groups -OCH3 is 3. The number of hydrogen-bond donors (Lipinski definition) is 0. The molecule has 0 unspecified atom stereocenters. The van der Waals surface area contributed by atoms with Gasteiger partial charge in [-0.1, -0.05) is 23.9 Å². The largest absolute Gasteiger partial charge is 0.497 e. The van der Waals surface area contributed by atoms with Gasteiger partial charge in [-0.15, -0.1) is 0 Å². The Kier molecular flexibility index (Phi) is 6.34. The number of amidine groups is 1. The second-order valence-corrected chi connectivity index (χ2v) is 10.7. The van der Waals surface area contributed by atoms with Crippen LogP contribution >= 0.6 is 11.8 Å². The van der Waals surface area contributed by atoms with Crippen molar-refractivity contribution in [3.63, 3.8) is 0 Å². The number of fused-ring (bicyclic) bond motifs is 1. The van der Waals surface area contributed by atoms with Gasteiger partial charge >= 0.3 is 0 Å². The maximum absolute atomic E-state index is 12.2. The third-order valence-corrected chi connectivity index (χ3v) is 8.20. The first-order valence-corrected chi connectivity index (χ1v) is 12.8. The van der Waals surface area contributed by atoms with Gasteiger partial charge in [0, 0.05) is 17.5 Å². The number of thioether (sulfide) groups is 1. The fourth-order valence-corrected chi connectivity index (χ4v) is 6.92. The molecule has 0 aliphatic carbocycles. The highest BCUT2D eigenvalue weighted by Gasteiger charge is 2.47. The fourth-order valence-electron chi connectivity index (χ4n) is 3.96. The predicted molar refractivity (Wildman–Crippen MR) is 125 cm³/mol. The Bertz CT molecular complexity index is 1070. The average molecular weight is 463 g/mol. The second-order valence-electron chi connectivity index (χ2n) is 7.48. The zero-order valence-corrected chi connectivity index (χ0v) is 19.4. The number of hydrogen-bond acceptors (Lipinski definition) is 8. The summed E-state index contributed by atoms with van der Waals surface area (Å²) in [4.78, 5) is 6.85. The number of aliphatic imine (C=N–C) groups is 1. The lowest BCUT2D eigenvalue weighted by Crippen LogP contribution is -2.39. The molecule has 0 amide bonds. The summed E-state index contributed by atoms with van der Waals surface area (Å²) in [5.41, 5.74) is 2.07. The maximum atomic E-state index is 12.2. The molecule has 2 aromatic rings. The van der Waals surface area contributed by atoms with E-state index in [2.05, 4.69) is 17.0 Å². The van der Waals surface area contributed by atoms with Gasteiger partial charge in [0.25, 0.3) is 0 Å². The van der Waals surface area contributed by atoms with Gasteiger partial charge in [-0.05, 0) is 36.2 Å². The third kappa shape index (κ3) is 4.62. The first-order chi connectivity index (χ1) is 14.9. The molecule has 2 aliphatic rings. The van der Waals surface area contributed by atoms with Crippen LogP contribution in [0.3, 0.4) is 0 Å². The average Bonchev–Trinajstić information content (AvgIpc) is 3.24. The molecule has 0 aromatic heterocycles. The van der Waals surface area contributed by atoms with E-state index in [1.54, 1.807) is 33.1 Å². The summed E-state index contributed by atoms with van der Waals surface area (Å²) in [6.45, 7) is 0. The van der Waals surface area contributed by atoms with Crippen LogP contribution in [0.5, 0.6) is 17.2 Å². The number of ether oxygens (including phenoxy) is 3. The summed E-state index contributed by atoms with van der Waals surface area (Å²) in [6.07, 6.45) is 0.876. The quantitative estimate of drug-likeness (QED) is 0.626. The van der Waals surface area contributed by atoms with Crippen molar-refractivity contribution in [1.29, 1.82) is 0 Å². The Hall–Kier alpha value is -2.39. The van der Waals surface area contributed by atoms with Crippen LogP contribution in [0.1, 0.15) is 5.56 Å². The summed E-state index contributed by atoms with van der Waals surface area (Å²) in [7, 11) is 1.74. The normalized spacial score (nSPS) is 21.5. The molecule has 166 valence electrons. The van der Waals surface area contributed by atoms with Gasteiger partial charge in [-0.3, -0.25) is 4.99 Å². The summed E-state index contributed by atoms with van der Waals surface area (Å²) in [5, 5.41) is 0.852. The van der Waals surface area contributed by atoms with E-state index >= 15 is 0 Å². The lowest BCUT2D eigenvalue weighted by molar-refractivity contribution is 0.355. The summed E-state index contributed by atoms with van der Waals surface area (Å²) < 4.78 is 40.5. The predicted octanol–water partition coefficient (Wildman–Crippen LogP) is 3.03. The molecule has 9 heteroatoms. The zero-order chi connectivity index (χ0) is 22.0. The summed E-state index contributed by atoms with van der Waals surface area (Å²) in [5.74, 6) is 3.12. The van der Waals surface area contributed by atoms with Crippen LogP contribution in [0.25, 0.3) is 0 Å². The number of aryl methyl sites for hydroxylation is 1. The van der Waals surface area contributed by atoms with Gasteiger partial charge < -0.3 is 19.1 Å². The highest BCUT2D eigenvalue weighted by atomic mass is 32.2. The summed E-state index contributed by atoms with van der Waals surface area (Å²) >= 11 is 1.65. The Balaban J connectivity index is 1.54. The fraction of sp³-hybridized carbons (Fsp3) is 0.409. The van der Waals surface area contributed by atoms with E-state index in [0.717, 1.165) is 28.8 Å². The topological polar surface area (TPSA) is 77.4 Å². The molecular weight excluding hydrogens is 436 g/mol. The van der Waals surface area contributed by atoms with Crippen LogP contribution in [0, 0.1) is 0 Å². The van der Waals surface area contributed by atoms with Crippen molar-refractivity contribution in [3.8, 4) is 17.2 Å². The van der Waals surface area contributed by atoms with E-state index in [-0.39, 0.29) is 23.6 Å². The first kappa shape index (κ1) is 21.8. The SMILES string of the molecule is COc1ccc(CCSC2=N[C@H]3CS(=O)(=O)C[C@@H]3N2c2ccc(OC)c(OC)c2)cc1. The Morgan fingerprint density at radius 2 is 1.74 bits per heavy atom. The minimum absolute atomic E-state index is 0.101. The summed E-state index contributed by atoms with van der Waals surface area (Å²) in [6, 6.07) is 13.3. The minimum Gasteiger partial charge on any atom is -0.497 e. The molecule has 1 saturated heterocycles. The van der Waals surface area contributed by atoms with Gasteiger partial charge in [-0.25, -0.2) is 8.42 Å². The number of nitrogens with zero attached hydrogens (tertiary/aromatic N) is 2. The standard InChI is InChI=1S/C22H26N2O5S2/c1-27-17-7-4-15(5-8-17)10-11-30-22-23-18-13-31(25,26)14-19(18)24(22)16-6-9-20(28-2)21(12-16)29-3/h4-9,12,18-19H,10-11,13-14H2,1-3H3/t18-,19-/m0/s1. The monoisotopic (exact) mass is 462 g/mol. The van der Waals surface area contributed by atoms with E-state index in [0.29, 0.717) is 11.5 Å². The van der Waals surface area contributed by atoms with E-state index in [1.807, 2.05) is 30.3 Å². The second kappa shape index (κ2) is 9.00. The van der Waals surface area contributed by atoms with Crippen molar-refractivity contribution in [2.45, 2.75) is 18.5 Å². The molecule has 2 atom stereocenters. The zero-order valence-electron chi connectivity index (χ0n) is 17.8. The van der Waals surface area contributed by atoms with Crippen molar-refractivity contribution in [2.75, 3.05) is 43.5 Å². The van der Waals surface area contributed by atoms with Crippen LogP contribution in [-0.2, 0) is 16.3 Å². The number of rotatable bonds is 7. The smallest absolute Gasteiger partial charge is 0.164 e. The van der Waals surface area contributed by atoms with E-state index in [9.17, 15) is 8.42 Å². The van der Waals surface area contributed by atoms with Crippen LogP contribution in [0.15, 0.2) is 47.5 Å². The molecule has 31 heavy (non-hydrogen) atoms. The Morgan fingerprint density at radius 3 is 2.42 bits per heavy atom. The highest BCUT2D eigenvalue weighted by molar-refractivity contribution is 8.14. The Labute approximate surface area is 187 Å². The lowest BCUT2D eigenvalue weighted by atomic mass is 10.1. The van der Waals surface area contributed by atoms with Gasteiger partial charge in [0.05, 0.1) is 44.9 Å². The van der Waals surface area contributed by atoms with Gasteiger partial charge in [-0.2, -0.15) is 0 Å². The molecule has 0 N–H and O–H groups in total. The highest BCUT2D eigenvalue weighted by Crippen LogP contribution is 2.39. The molecule has 7 nitrogen and oxygen atoms in total. The number of anilines is 1. The third-order valence-electron chi connectivity index (χ3n) is 5.53. The Morgan fingerprint density at radius 1 is 1.00 bits per heavy atom. The molecule has 0 spiro atoms. The molecule has 1 fully saturated rings. The van der Waals surface area contributed by atoms with Crippen LogP contribution in [0.2, 0.25) is 0 Å². The van der Waals surface area contributed by atoms with E-state index < -0.39 is 9.84 Å².